The molecule has 1 aromatic carbocycles. The Hall–Kier alpha value is -1.31. The Morgan fingerprint density at radius 2 is 2.09 bits per heavy atom. The molecule has 0 heterocycles. The Kier molecular flexibility index (Phi) is 4.29. The predicted molar refractivity (Wildman–Crippen MR) is 93.6 cm³/mol. The molecule has 2 nitrogen and oxygen atoms in total. The molecule has 1 fully saturated rings. The first kappa shape index (κ1) is 16.5. The number of benzene rings is 1. The van der Waals surface area contributed by atoms with Gasteiger partial charge in [-0.25, -0.2) is 0 Å². The van der Waals surface area contributed by atoms with Gasteiger partial charge in [0.2, 0.25) is 0 Å². The van der Waals surface area contributed by atoms with E-state index >= 15 is 0 Å². The van der Waals surface area contributed by atoms with Crippen LogP contribution in [0.5, 0.6) is 5.75 Å². The molecule has 3 rings (SSSR count). The monoisotopic (exact) mass is 314 g/mol. The molecule has 0 radical (unpaired) electrons. The third kappa shape index (κ3) is 2.81. The second-order valence-electron chi connectivity index (χ2n) is 8.48. The number of fused-ring (bicyclic) bond motifs is 3. The molecule has 23 heavy (non-hydrogen) atoms. The maximum Gasteiger partial charge on any atom is 0.136 e. The van der Waals surface area contributed by atoms with Gasteiger partial charge in [-0.15, -0.1) is 0 Å². The molecule has 0 spiro atoms. The van der Waals surface area contributed by atoms with Crippen molar-refractivity contribution in [2.24, 2.45) is 23.2 Å². The molecule has 0 saturated heterocycles. The number of hydrogen-bond donors (Lipinski definition) is 1. The van der Waals surface area contributed by atoms with Gasteiger partial charge in [0, 0.05) is 12.3 Å². The van der Waals surface area contributed by atoms with Gasteiger partial charge in [-0.2, -0.15) is 0 Å². The Morgan fingerprint density at radius 1 is 1.35 bits per heavy atom. The zero-order valence-electron chi connectivity index (χ0n) is 14.9. The summed E-state index contributed by atoms with van der Waals surface area (Å²) >= 11 is 0. The summed E-state index contributed by atoms with van der Waals surface area (Å²) in [5.41, 5.74) is 2.77. The van der Waals surface area contributed by atoms with Crippen molar-refractivity contribution in [3.05, 3.63) is 29.3 Å². The van der Waals surface area contributed by atoms with Gasteiger partial charge in [0.25, 0.3) is 0 Å². The molecule has 1 aromatic rings. The fourth-order valence-corrected chi connectivity index (χ4v) is 5.14. The van der Waals surface area contributed by atoms with E-state index in [1.165, 1.54) is 17.5 Å². The van der Waals surface area contributed by atoms with Gasteiger partial charge >= 0.3 is 0 Å². The van der Waals surface area contributed by atoms with Crippen molar-refractivity contribution >= 4 is 5.78 Å². The number of carbonyl (C=O) groups is 1. The van der Waals surface area contributed by atoms with Crippen LogP contribution < -0.4 is 0 Å². The van der Waals surface area contributed by atoms with Crippen molar-refractivity contribution in [2.75, 3.05) is 0 Å². The fraction of sp³-hybridized carbons (Fsp3) is 0.667. The number of aromatic hydroxyl groups is 1. The van der Waals surface area contributed by atoms with Gasteiger partial charge in [-0.1, -0.05) is 40.2 Å². The standard InChI is InChI=1S/C21H30O2/c1-13(2)5-8-18-14(3)20(23)12-19-17-7-6-16(22)11-15(17)9-10-21(18,19)4/h6-7,11,13-14,18-19,22H,5,8-10,12H2,1-4H3/t14?,18-,19+,21-/m0/s1. The lowest BCUT2D eigenvalue weighted by molar-refractivity contribution is -0.133. The van der Waals surface area contributed by atoms with Crippen LogP contribution in [0, 0.1) is 23.2 Å². The molecule has 1 unspecified atom stereocenters. The molecule has 2 aliphatic carbocycles. The van der Waals surface area contributed by atoms with Gasteiger partial charge in [-0.3, -0.25) is 4.79 Å². The lowest BCUT2D eigenvalue weighted by Gasteiger charge is -2.53. The molecule has 0 aliphatic heterocycles. The van der Waals surface area contributed by atoms with E-state index in [1.54, 1.807) is 6.07 Å². The Morgan fingerprint density at radius 3 is 2.78 bits per heavy atom. The van der Waals surface area contributed by atoms with E-state index in [2.05, 4.69) is 33.8 Å². The minimum atomic E-state index is 0.189. The summed E-state index contributed by atoms with van der Waals surface area (Å²) in [5.74, 6) is 2.47. The molecule has 0 aromatic heterocycles. The summed E-state index contributed by atoms with van der Waals surface area (Å²) < 4.78 is 0. The lowest BCUT2D eigenvalue weighted by Crippen LogP contribution is -2.48. The highest BCUT2D eigenvalue weighted by atomic mass is 16.3. The van der Waals surface area contributed by atoms with E-state index in [1.807, 2.05) is 6.07 Å². The summed E-state index contributed by atoms with van der Waals surface area (Å²) in [6.07, 6.45) is 5.19. The third-order valence-corrected chi connectivity index (χ3v) is 6.65. The van der Waals surface area contributed by atoms with Gasteiger partial charge < -0.3 is 5.11 Å². The predicted octanol–water partition coefficient (Wildman–Crippen LogP) is 5.09. The van der Waals surface area contributed by atoms with E-state index in [-0.39, 0.29) is 11.3 Å². The van der Waals surface area contributed by atoms with Crippen LogP contribution >= 0.6 is 0 Å². The first-order chi connectivity index (χ1) is 10.8. The first-order valence-electron chi connectivity index (χ1n) is 9.17. The van der Waals surface area contributed by atoms with Gasteiger partial charge in [0.15, 0.2) is 0 Å². The summed E-state index contributed by atoms with van der Waals surface area (Å²) in [6, 6.07) is 5.76. The third-order valence-electron chi connectivity index (χ3n) is 6.65. The molecule has 0 bridgehead atoms. The normalized spacial score (nSPS) is 33.4. The van der Waals surface area contributed by atoms with Crippen LogP contribution in [0.2, 0.25) is 0 Å². The quantitative estimate of drug-likeness (QED) is 0.843. The largest absolute Gasteiger partial charge is 0.508 e. The van der Waals surface area contributed by atoms with Crippen LogP contribution in [0.4, 0.5) is 0 Å². The van der Waals surface area contributed by atoms with E-state index < -0.39 is 0 Å². The van der Waals surface area contributed by atoms with Gasteiger partial charge in [0.05, 0.1) is 0 Å². The zero-order valence-corrected chi connectivity index (χ0v) is 14.9. The second kappa shape index (κ2) is 5.96. The van der Waals surface area contributed by atoms with Crippen LogP contribution in [-0.4, -0.2) is 10.9 Å². The second-order valence-corrected chi connectivity index (χ2v) is 8.48. The lowest BCUT2D eigenvalue weighted by atomic mass is 9.50. The molecule has 4 atom stereocenters. The Balaban J connectivity index is 1.98. The highest BCUT2D eigenvalue weighted by molar-refractivity contribution is 5.83. The van der Waals surface area contributed by atoms with Crippen molar-refractivity contribution in [2.45, 2.75) is 65.7 Å². The number of ketones is 1. The molecule has 126 valence electrons. The van der Waals surface area contributed by atoms with Crippen LogP contribution in [0.1, 0.15) is 70.4 Å². The van der Waals surface area contributed by atoms with Crippen molar-refractivity contribution in [1.29, 1.82) is 0 Å². The fourth-order valence-electron chi connectivity index (χ4n) is 5.14. The van der Waals surface area contributed by atoms with E-state index in [0.717, 1.165) is 19.3 Å². The van der Waals surface area contributed by atoms with Gasteiger partial charge in [0.1, 0.15) is 11.5 Å². The summed E-state index contributed by atoms with van der Waals surface area (Å²) in [4.78, 5) is 12.7. The Labute approximate surface area is 140 Å². The molecule has 1 saturated carbocycles. The molecule has 1 N–H and O–H groups in total. The first-order valence-corrected chi connectivity index (χ1v) is 9.17. The maximum atomic E-state index is 12.7. The van der Waals surface area contributed by atoms with Crippen LogP contribution in [0.25, 0.3) is 0 Å². The van der Waals surface area contributed by atoms with E-state index in [0.29, 0.717) is 35.7 Å². The smallest absolute Gasteiger partial charge is 0.136 e. The molecular formula is C21H30O2. The van der Waals surface area contributed by atoms with Crippen molar-refractivity contribution in [1.82, 2.24) is 0 Å². The molecule has 2 heteroatoms. The van der Waals surface area contributed by atoms with Crippen LogP contribution in [0.15, 0.2) is 18.2 Å². The number of rotatable bonds is 3. The maximum absolute atomic E-state index is 12.7. The van der Waals surface area contributed by atoms with Crippen molar-refractivity contribution in [3.8, 4) is 5.75 Å². The van der Waals surface area contributed by atoms with E-state index in [4.69, 9.17) is 0 Å². The highest BCUT2D eigenvalue weighted by Crippen LogP contribution is 2.58. The number of hydrogen-bond acceptors (Lipinski definition) is 2. The summed E-state index contributed by atoms with van der Waals surface area (Å²) in [7, 11) is 0. The molecule has 2 aliphatic rings. The van der Waals surface area contributed by atoms with Crippen LogP contribution in [0.3, 0.4) is 0 Å². The molecule has 0 amide bonds. The van der Waals surface area contributed by atoms with Crippen molar-refractivity contribution in [3.63, 3.8) is 0 Å². The van der Waals surface area contributed by atoms with Crippen molar-refractivity contribution < 1.29 is 9.90 Å². The SMILES string of the molecule is CC(C)CC[C@H]1C(C)C(=O)C[C@@H]2c3ccc(O)cc3CC[C@]21C. The minimum absolute atomic E-state index is 0.189. The number of Topliss-reactive ketones (excluding diaryl/α,β-unsaturated/α-hetero) is 1. The average Bonchev–Trinajstić information content (AvgIpc) is 2.48. The highest BCUT2D eigenvalue weighted by Gasteiger charge is 2.52. The molecular weight excluding hydrogens is 284 g/mol. The van der Waals surface area contributed by atoms with Gasteiger partial charge in [-0.05, 0) is 65.7 Å². The summed E-state index contributed by atoms with van der Waals surface area (Å²) in [6.45, 7) is 9.12. The summed E-state index contributed by atoms with van der Waals surface area (Å²) in [5, 5.41) is 9.77. The van der Waals surface area contributed by atoms with E-state index in [9.17, 15) is 9.90 Å². The van der Waals surface area contributed by atoms with Crippen LogP contribution in [-0.2, 0) is 11.2 Å². The topological polar surface area (TPSA) is 37.3 Å². The Bertz CT molecular complexity index is 604. The number of aryl methyl sites for hydroxylation is 1. The number of carbonyl (C=O) groups excluding carboxylic acids is 1. The number of phenolic OH excluding ortho intramolecular Hbond substituents is 1. The minimum Gasteiger partial charge on any atom is -0.508 e. The number of phenols is 1. The zero-order chi connectivity index (χ0) is 16.8. The average molecular weight is 314 g/mol.